The summed E-state index contributed by atoms with van der Waals surface area (Å²) in [5.41, 5.74) is 0.401. The zero-order valence-corrected chi connectivity index (χ0v) is 8.10. The minimum atomic E-state index is -0.576. The summed E-state index contributed by atoms with van der Waals surface area (Å²) >= 11 is 0. The number of esters is 2. The van der Waals surface area contributed by atoms with Gasteiger partial charge in [-0.3, -0.25) is 4.79 Å². The van der Waals surface area contributed by atoms with E-state index in [4.69, 9.17) is 4.74 Å². The van der Waals surface area contributed by atoms with E-state index in [0.717, 1.165) is 0 Å². The molecule has 1 saturated heterocycles. The highest BCUT2D eigenvalue weighted by Gasteiger charge is 2.28. The molecule has 1 aromatic carbocycles. The molecule has 4 heteroatoms. The SMILES string of the molecule is O=C(OC(=O)C1CNC1)c1ccccc1. The van der Waals surface area contributed by atoms with Crippen LogP contribution in [0.5, 0.6) is 0 Å². The molecule has 0 radical (unpaired) electrons. The Balaban J connectivity index is 1.95. The third-order valence-electron chi connectivity index (χ3n) is 2.32. The van der Waals surface area contributed by atoms with Gasteiger partial charge in [-0.25, -0.2) is 4.79 Å². The molecule has 0 aliphatic carbocycles. The first kappa shape index (κ1) is 9.86. The molecule has 1 aromatic rings. The van der Waals surface area contributed by atoms with Crippen LogP contribution in [-0.2, 0) is 9.53 Å². The van der Waals surface area contributed by atoms with E-state index in [1.54, 1.807) is 30.3 Å². The van der Waals surface area contributed by atoms with Crippen molar-refractivity contribution in [3.8, 4) is 0 Å². The Morgan fingerprint density at radius 1 is 1.20 bits per heavy atom. The Morgan fingerprint density at radius 2 is 1.87 bits per heavy atom. The maximum absolute atomic E-state index is 11.4. The summed E-state index contributed by atoms with van der Waals surface area (Å²) in [5.74, 6) is -1.19. The lowest BCUT2D eigenvalue weighted by Crippen LogP contribution is -2.47. The van der Waals surface area contributed by atoms with Crippen LogP contribution in [0.25, 0.3) is 0 Å². The highest BCUT2D eigenvalue weighted by atomic mass is 16.6. The third kappa shape index (κ3) is 2.22. The molecule has 0 amide bonds. The Kier molecular flexibility index (Phi) is 2.78. The molecule has 1 heterocycles. The van der Waals surface area contributed by atoms with Gasteiger partial charge < -0.3 is 10.1 Å². The van der Waals surface area contributed by atoms with Crippen molar-refractivity contribution < 1.29 is 14.3 Å². The van der Waals surface area contributed by atoms with Crippen LogP contribution in [0, 0.1) is 5.92 Å². The quantitative estimate of drug-likeness (QED) is 0.567. The zero-order chi connectivity index (χ0) is 10.7. The van der Waals surface area contributed by atoms with Crippen LogP contribution >= 0.6 is 0 Å². The topological polar surface area (TPSA) is 55.4 Å². The van der Waals surface area contributed by atoms with Crippen molar-refractivity contribution >= 4 is 11.9 Å². The summed E-state index contributed by atoms with van der Waals surface area (Å²) in [6, 6.07) is 8.50. The van der Waals surface area contributed by atoms with Gasteiger partial charge in [0.2, 0.25) is 0 Å². The molecule has 15 heavy (non-hydrogen) atoms. The number of nitrogens with one attached hydrogen (secondary N) is 1. The first-order chi connectivity index (χ1) is 7.27. The second-order valence-electron chi connectivity index (χ2n) is 3.43. The number of rotatable bonds is 2. The van der Waals surface area contributed by atoms with Gasteiger partial charge in [0.1, 0.15) is 0 Å². The van der Waals surface area contributed by atoms with Gasteiger partial charge in [0.05, 0.1) is 11.5 Å². The molecule has 0 atom stereocenters. The fourth-order valence-electron chi connectivity index (χ4n) is 1.26. The summed E-state index contributed by atoms with van der Waals surface area (Å²) in [4.78, 5) is 22.8. The normalized spacial score (nSPS) is 15.5. The molecular formula is C11H11NO3. The third-order valence-corrected chi connectivity index (χ3v) is 2.32. The van der Waals surface area contributed by atoms with Crippen molar-refractivity contribution in [3.05, 3.63) is 35.9 Å². The van der Waals surface area contributed by atoms with E-state index >= 15 is 0 Å². The average molecular weight is 205 g/mol. The Hall–Kier alpha value is -1.68. The summed E-state index contributed by atoms with van der Waals surface area (Å²) in [7, 11) is 0. The molecule has 0 bridgehead atoms. The minimum absolute atomic E-state index is 0.169. The van der Waals surface area contributed by atoms with E-state index in [9.17, 15) is 9.59 Å². The van der Waals surface area contributed by atoms with E-state index in [1.165, 1.54) is 0 Å². The molecule has 0 aromatic heterocycles. The molecular weight excluding hydrogens is 194 g/mol. The molecule has 1 aliphatic heterocycles. The van der Waals surface area contributed by atoms with Gasteiger partial charge in [0, 0.05) is 13.1 Å². The van der Waals surface area contributed by atoms with Gasteiger partial charge in [0.15, 0.2) is 0 Å². The van der Waals surface area contributed by atoms with Crippen LogP contribution in [0.2, 0.25) is 0 Å². The van der Waals surface area contributed by atoms with Gasteiger partial charge in [-0.2, -0.15) is 0 Å². The van der Waals surface area contributed by atoms with Gasteiger partial charge in [0.25, 0.3) is 0 Å². The lowest BCUT2D eigenvalue weighted by atomic mass is 10.0. The Labute approximate surface area is 87.2 Å². The predicted molar refractivity (Wildman–Crippen MR) is 53.2 cm³/mol. The molecule has 4 nitrogen and oxygen atoms in total. The molecule has 1 fully saturated rings. The van der Waals surface area contributed by atoms with Crippen LogP contribution < -0.4 is 5.32 Å². The summed E-state index contributed by atoms with van der Waals surface area (Å²) in [6.07, 6.45) is 0. The minimum Gasteiger partial charge on any atom is -0.389 e. The first-order valence-electron chi connectivity index (χ1n) is 4.79. The van der Waals surface area contributed by atoms with Crippen LogP contribution in [0.15, 0.2) is 30.3 Å². The van der Waals surface area contributed by atoms with Crippen molar-refractivity contribution in [1.82, 2.24) is 5.32 Å². The van der Waals surface area contributed by atoms with Crippen LogP contribution in [0.4, 0.5) is 0 Å². The summed E-state index contributed by atoms with van der Waals surface area (Å²) in [5, 5.41) is 2.94. The summed E-state index contributed by atoms with van der Waals surface area (Å²) in [6.45, 7) is 1.20. The molecule has 2 rings (SSSR count). The number of ether oxygens (including phenoxy) is 1. The van der Waals surface area contributed by atoms with E-state index in [-0.39, 0.29) is 5.92 Å². The van der Waals surface area contributed by atoms with E-state index in [2.05, 4.69) is 5.32 Å². The fourth-order valence-corrected chi connectivity index (χ4v) is 1.26. The highest BCUT2D eigenvalue weighted by molar-refractivity contribution is 5.97. The zero-order valence-electron chi connectivity index (χ0n) is 8.10. The van der Waals surface area contributed by atoms with Crippen LogP contribution in [0.1, 0.15) is 10.4 Å². The maximum Gasteiger partial charge on any atom is 0.345 e. The van der Waals surface area contributed by atoms with Crippen LogP contribution in [0.3, 0.4) is 0 Å². The van der Waals surface area contributed by atoms with E-state index < -0.39 is 11.9 Å². The second-order valence-corrected chi connectivity index (χ2v) is 3.43. The molecule has 1 N–H and O–H groups in total. The Morgan fingerprint density at radius 3 is 2.40 bits per heavy atom. The number of benzene rings is 1. The number of carbonyl (C=O) groups is 2. The lowest BCUT2D eigenvalue weighted by molar-refractivity contribution is -0.144. The molecule has 0 unspecified atom stereocenters. The lowest BCUT2D eigenvalue weighted by Gasteiger charge is -2.24. The molecule has 1 aliphatic rings. The van der Waals surface area contributed by atoms with Crippen molar-refractivity contribution in [3.63, 3.8) is 0 Å². The van der Waals surface area contributed by atoms with E-state index in [0.29, 0.717) is 18.7 Å². The molecule has 78 valence electrons. The predicted octanol–water partition coefficient (Wildman–Crippen LogP) is 0.589. The molecule has 0 spiro atoms. The monoisotopic (exact) mass is 205 g/mol. The number of hydrogen-bond donors (Lipinski definition) is 1. The van der Waals surface area contributed by atoms with Gasteiger partial charge in [-0.05, 0) is 12.1 Å². The van der Waals surface area contributed by atoms with Crippen molar-refractivity contribution in [2.75, 3.05) is 13.1 Å². The highest BCUT2D eigenvalue weighted by Crippen LogP contribution is 2.08. The van der Waals surface area contributed by atoms with Gasteiger partial charge in [-0.15, -0.1) is 0 Å². The second kappa shape index (κ2) is 4.23. The van der Waals surface area contributed by atoms with Crippen LogP contribution in [-0.4, -0.2) is 25.0 Å². The smallest absolute Gasteiger partial charge is 0.345 e. The van der Waals surface area contributed by atoms with Gasteiger partial charge in [-0.1, -0.05) is 18.2 Å². The first-order valence-corrected chi connectivity index (χ1v) is 4.79. The van der Waals surface area contributed by atoms with Crippen molar-refractivity contribution in [1.29, 1.82) is 0 Å². The molecule has 0 saturated carbocycles. The standard InChI is InChI=1S/C11H11NO3/c13-10(8-4-2-1-3-5-8)15-11(14)9-6-12-7-9/h1-5,9,12H,6-7H2. The fraction of sp³-hybridized carbons (Fsp3) is 0.273. The van der Waals surface area contributed by atoms with Crippen molar-refractivity contribution in [2.24, 2.45) is 5.92 Å². The average Bonchev–Trinajstić information content (AvgIpc) is 2.16. The number of carbonyl (C=O) groups excluding carboxylic acids is 2. The van der Waals surface area contributed by atoms with Gasteiger partial charge >= 0.3 is 11.9 Å². The largest absolute Gasteiger partial charge is 0.389 e. The van der Waals surface area contributed by atoms with E-state index in [1.807, 2.05) is 0 Å². The Bertz CT molecular complexity index is 371. The van der Waals surface area contributed by atoms with Crippen molar-refractivity contribution in [2.45, 2.75) is 0 Å². The number of hydrogen-bond acceptors (Lipinski definition) is 4. The maximum atomic E-state index is 11.4. The summed E-state index contributed by atoms with van der Waals surface area (Å²) < 4.78 is 4.72.